The highest BCUT2D eigenvalue weighted by Gasteiger charge is 2.22. The van der Waals surface area contributed by atoms with Gasteiger partial charge >= 0.3 is 5.97 Å². The van der Waals surface area contributed by atoms with Gasteiger partial charge in [0.1, 0.15) is 11.4 Å². The number of nitrogen functional groups attached to an aromatic ring is 1. The average Bonchev–Trinajstić information content (AvgIpc) is 2.38. The van der Waals surface area contributed by atoms with Gasteiger partial charge in [0.15, 0.2) is 5.69 Å². The van der Waals surface area contributed by atoms with Crippen molar-refractivity contribution in [2.24, 2.45) is 0 Å². The number of nitro groups is 1. The van der Waals surface area contributed by atoms with Crippen LogP contribution in [0.5, 0.6) is 0 Å². The number of pyridine rings is 1. The number of benzene rings is 1. The van der Waals surface area contributed by atoms with Crippen molar-refractivity contribution in [2.75, 3.05) is 5.73 Å². The lowest BCUT2D eigenvalue weighted by molar-refractivity contribution is -0.384. The molecule has 0 aliphatic heterocycles. The van der Waals surface area contributed by atoms with E-state index in [1.807, 2.05) is 0 Å². The van der Waals surface area contributed by atoms with E-state index < -0.39 is 16.6 Å². The highest BCUT2D eigenvalue weighted by Crippen LogP contribution is 2.30. The van der Waals surface area contributed by atoms with Gasteiger partial charge in [-0.25, -0.2) is 9.78 Å². The second-order valence-electron chi connectivity index (χ2n) is 3.72. The van der Waals surface area contributed by atoms with Crippen LogP contribution in [-0.2, 0) is 0 Å². The number of hydrogen-bond acceptors (Lipinski definition) is 5. The molecule has 0 spiro atoms. The van der Waals surface area contributed by atoms with Crippen LogP contribution in [-0.4, -0.2) is 21.0 Å². The van der Waals surface area contributed by atoms with Gasteiger partial charge in [-0.05, 0) is 0 Å². The number of aromatic nitrogens is 1. The molecule has 0 bridgehead atoms. The fourth-order valence-corrected chi connectivity index (χ4v) is 1.64. The van der Waals surface area contributed by atoms with Crippen molar-refractivity contribution in [1.29, 1.82) is 0 Å². The molecular weight excluding hydrogens is 250 g/mol. The fraction of sp³-hybridized carbons (Fsp3) is 0. The first kappa shape index (κ1) is 12.5. The van der Waals surface area contributed by atoms with E-state index in [2.05, 4.69) is 4.98 Å². The van der Waals surface area contributed by atoms with Gasteiger partial charge in [-0.15, -0.1) is 0 Å². The Morgan fingerprint density at radius 2 is 1.95 bits per heavy atom. The average molecular weight is 259 g/mol. The second-order valence-corrected chi connectivity index (χ2v) is 3.72. The third-order valence-electron chi connectivity index (χ3n) is 2.51. The maximum Gasteiger partial charge on any atom is 0.339 e. The van der Waals surface area contributed by atoms with Crippen molar-refractivity contribution in [3.05, 3.63) is 52.1 Å². The monoisotopic (exact) mass is 259 g/mol. The molecule has 0 saturated heterocycles. The van der Waals surface area contributed by atoms with Crippen LogP contribution in [0.15, 0.2) is 36.4 Å². The van der Waals surface area contributed by atoms with Gasteiger partial charge in [0.25, 0.3) is 5.69 Å². The smallest absolute Gasteiger partial charge is 0.339 e. The summed E-state index contributed by atoms with van der Waals surface area (Å²) in [5.41, 5.74) is 5.29. The van der Waals surface area contributed by atoms with Crippen molar-refractivity contribution in [3.63, 3.8) is 0 Å². The third kappa shape index (κ3) is 2.34. The van der Waals surface area contributed by atoms with E-state index >= 15 is 0 Å². The van der Waals surface area contributed by atoms with Gasteiger partial charge in [-0.1, -0.05) is 30.3 Å². The summed E-state index contributed by atoms with van der Waals surface area (Å²) in [4.78, 5) is 25.1. The molecule has 2 rings (SSSR count). The molecule has 96 valence electrons. The second kappa shape index (κ2) is 4.73. The number of aromatic carboxylic acids is 1. The number of carboxylic acid groups (broad SMARTS) is 1. The number of carboxylic acids is 1. The summed E-state index contributed by atoms with van der Waals surface area (Å²) < 4.78 is 0. The van der Waals surface area contributed by atoms with Gasteiger partial charge in [-0.3, -0.25) is 10.1 Å². The summed E-state index contributed by atoms with van der Waals surface area (Å²) in [5.74, 6) is -1.61. The van der Waals surface area contributed by atoms with Gasteiger partial charge in [-0.2, -0.15) is 0 Å². The number of hydrogen-bond donors (Lipinski definition) is 2. The largest absolute Gasteiger partial charge is 0.478 e. The Morgan fingerprint density at radius 3 is 2.47 bits per heavy atom. The van der Waals surface area contributed by atoms with Crippen molar-refractivity contribution in [2.45, 2.75) is 0 Å². The van der Waals surface area contributed by atoms with Crippen LogP contribution in [0.4, 0.5) is 11.5 Å². The number of nitrogens with zero attached hydrogens (tertiary/aromatic N) is 2. The molecule has 3 N–H and O–H groups in total. The van der Waals surface area contributed by atoms with E-state index in [9.17, 15) is 14.9 Å². The molecule has 7 nitrogen and oxygen atoms in total. The number of anilines is 1. The van der Waals surface area contributed by atoms with Crippen LogP contribution in [0.2, 0.25) is 0 Å². The van der Waals surface area contributed by atoms with E-state index in [0.717, 1.165) is 6.07 Å². The van der Waals surface area contributed by atoms with E-state index in [0.29, 0.717) is 5.56 Å². The summed E-state index contributed by atoms with van der Waals surface area (Å²) in [6, 6.07) is 9.34. The van der Waals surface area contributed by atoms with Crippen molar-refractivity contribution >= 4 is 17.5 Å². The van der Waals surface area contributed by atoms with Crippen LogP contribution in [0.25, 0.3) is 11.3 Å². The minimum atomic E-state index is -1.35. The zero-order valence-electron chi connectivity index (χ0n) is 9.61. The van der Waals surface area contributed by atoms with E-state index in [1.165, 1.54) is 0 Å². The Kier molecular flexibility index (Phi) is 3.11. The normalized spacial score (nSPS) is 10.1. The molecule has 2 aromatic rings. The van der Waals surface area contributed by atoms with Crippen LogP contribution in [0.1, 0.15) is 10.4 Å². The Labute approximate surface area is 107 Å². The van der Waals surface area contributed by atoms with E-state index in [4.69, 9.17) is 10.8 Å². The Balaban J connectivity index is 2.71. The number of nitrogens with two attached hydrogens (primary N) is 1. The Hall–Kier alpha value is -2.96. The quantitative estimate of drug-likeness (QED) is 0.642. The highest BCUT2D eigenvalue weighted by atomic mass is 16.6. The summed E-state index contributed by atoms with van der Waals surface area (Å²) in [6.45, 7) is 0. The molecule has 0 saturated carbocycles. The lowest BCUT2D eigenvalue weighted by atomic mass is 10.1. The van der Waals surface area contributed by atoms with E-state index in [-0.39, 0.29) is 17.1 Å². The first-order valence-electron chi connectivity index (χ1n) is 5.24. The molecule has 1 heterocycles. The molecule has 7 heteroatoms. The Bertz CT molecular complexity index is 656. The molecule has 1 aromatic carbocycles. The first-order valence-corrected chi connectivity index (χ1v) is 5.24. The number of rotatable bonds is 3. The van der Waals surface area contributed by atoms with Crippen LogP contribution in [0, 0.1) is 10.1 Å². The molecule has 1 aromatic heterocycles. The summed E-state index contributed by atoms with van der Waals surface area (Å²) in [6.07, 6.45) is 0. The lowest BCUT2D eigenvalue weighted by Gasteiger charge is -2.06. The van der Waals surface area contributed by atoms with E-state index in [1.54, 1.807) is 30.3 Å². The predicted octanol–water partition coefficient (Wildman–Crippen LogP) is 1.94. The molecule has 19 heavy (non-hydrogen) atoms. The van der Waals surface area contributed by atoms with Crippen LogP contribution in [0.3, 0.4) is 0 Å². The maximum atomic E-state index is 11.0. The van der Waals surface area contributed by atoms with Crippen molar-refractivity contribution < 1.29 is 14.8 Å². The zero-order chi connectivity index (χ0) is 14.0. The van der Waals surface area contributed by atoms with Gasteiger partial charge in [0.2, 0.25) is 0 Å². The number of carbonyl (C=O) groups is 1. The zero-order valence-corrected chi connectivity index (χ0v) is 9.61. The van der Waals surface area contributed by atoms with Crippen molar-refractivity contribution in [3.8, 4) is 11.3 Å². The molecule has 0 fully saturated rings. The topological polar surface area (TPSA) is 119 Å². The summed E-state index contributed by atoms with van der Waals surface area (Å²) in [7, 11) is 0. The van der Waals surface area contributed by atoms with Gasteiger partial charge < -0.3 is 10.8 Å². The molecule has 0 aliphatic carbocycles. The molecule has 0 amide bonds. The summed E-state index contributed by atoms with van der Waals surface area (Å²) >= 11 is 0. The summed E-state index contributed by atoms with van der Waals surface area (Å²) in [5, 5.41) is 19.9. The molecule has 0 atom stereocenters. The predicted molar refractivity (Wildman–Crippen MR) is 67.7 cm³/mol. The minimum Gasteiger partial charge on any atom is -0.478 e. The third-order valence-corrected chi connectivity index (χ3v) is 2.51. The fourth-order valence-electron chi connectivity index (χ4n) is 1.64. The van der Waals surface area contributed by atoms with Crippen LogP contribution >= 0.6 is 0 Å². The molecule has 0 radical (unpaired) electrons. The highest BCUT2D eigenvalue weighted by molar-refractivity contribution is 5.94. The Morgan fingerprint density at radius 1 is 1.32 bits per heavy atom. The maximum absolute atomic E-state index is 11.0. The standard InChI is InChI=1S/C12H9N3O4/c13-11-8(12(16)17)6-9(15(18)19)10(14-11)7-4-2-1-3-5-7/h1-6H,(H2,13,14)(H,16,17). The van der Waals surface area contributed by atoms with Gasteiger partial charge in [0.05, 0.1) is 4.92 Å². The molecule has 0 unspecified atom stereocenters. The lowest BCUT2D eigenvalue weighted by Crippen LogP contribution is -2.07. The molecule has 0 aliphatic rings. The first-order chi connectivity index (χ1) is 9.00. The minimum absolute atomic E-state index is 0.0492. The van der Waals surface area contributed by atoms with Crippen LogP contribution < -0.4 is 5.73 Å². The van der Waals surface area contributed by atoms with Crippen molar-refractivity contribution in [1.82, 2.24) is 4.98 Å². The molecular formula is C12H9N3O4. The van der Waals surface area contributed by atoms with Gasteiger partial charge in [0, 0.05) is 11.6 Å². The SMILES string of the molecule is Nc1nc(-c2ccccc2)c([N+](=O)[O-])cc1C(=O)O.